The molecular weight excluding hydrogens is 434 g/mol. The Kier molecular flexibility index (Phi) is 7.71. The predicted octanol–water partition coefficient (Wildman–Crippen LogP) is 3.92. The molecule has 31 heavy (non-hydrogen) atoms. The second-order valence-corrected chi connectivity index (χ2v) is 10.1. The third-order valence-electron chi connectivity index (χ3n) is 5.67. The number of carbonyl (C=O) groups excluding carboxylic acids is 1. The van der Waals surface area contributed by atoms with E-state index in [4.69, 9.17) is 16.9 Å². The molecular formula is C23H26ClN3O3S. The van der Waals surface area contributed by atoms with Crippen LogP contribution >= 0.6 is 11.6 Å². The summed E-state index contributed by atoms with van der Waals surface area (Å²) in [6.45, 7) is 3.66. The lowest BCUT2D eigenvalue weighted by Gasteiger charge is -2.33. The zero-order valence-corrected chi connectivity index (χ0v) is 19.0. The molecule has 3 rings (SSSR count). The zero-order valence-electron chi connectivity index (χ0n) is 17.4. The van der Waals surface area contributed by atoms with Crippen LogP contribution in [0.15, 0.2) is 53.4 Å². The summed E-state index contributed by atoms with van der Waals surface area (Å²) in [7, 11) is -3.80. The van der Waals surface area contributed by atoms with Crippen LogP contribution in [0.1, 0.15) is 43.2 Å². The molecule has 1 unspecified atom stereocenters. The van der Waals surface area contributed by atoms with Gasteiger partial charge in [-0.3, -0.25) is 4.79 Å². The third-order valence-corrected chi connectivity index (χ3v) is 7.48. The highest BCUT2D eigenvalue weighted by molar-refractivity contribution is 7.89. The molecule has 1 amide bonds. The van der Waals surface area contributed by atoms with Crippen LogP contribution in [0.5, 0.6) is 0 Å². The molecule has 1 saturated heterocycles. The van der Waals surface area contributed by atoms with Crippen molar-refractivity contribution in [2.24, 2.45) is 5.92 Å². The van der Waals surface area contributed by atoms with Crippen LogP contribution in [0, 0.1) is 17.2 Å². The topological polar surface area (TPSA) is 90.3 Å². The quantitative estimate of drug-likeness (QED) is 0.679. The molecule has 1 heterocycles. The maximum absolute atomic E-state index is 13.3. The van der Waals surface area contributed by atoms with Gasteiger partial charge in [0.1, 0.15) is 0 Å². The number of benzene rings is 2. The summed E-state index contributed by atoms with van der Waals surface area (Å²) in [5, 5.41) is 9.51. The minimum Gasteiger partial charge on any atom is -0.342 e. The number of nitrogens with zero attached hydrogens (tertiary/aromatic N) is 2. The summed E-state index contributed by atoms with van der Waals surface area (Å²) < 4.78 is 27.9. The lowest BCUT2D eigenvalue weighted by molar-refractivity contribution is -0.134. The van der Waals surface area contributed by atoms with Gasteiger partial charge in [0, 0.05) is 24.7 Å². The maximum Gasteiger partial charge on any atom is 0.240 e. The number of likely N-dealkylation sites (tertiary alicyclic amines) is 1. The molecule has 2 aromatic carbocycles. The van der Waals surface area contributed by atoms with E-state index < -0.39 is 15.9 Å². The minimum absolute atomic E-state index is 0.0225. The van der Waals surface area contributed by atoms with Crippen molar-refractivity contribution in [3.05, 3.63) is 64.7 Å². The first-order valence-electron chi connectivity index (χ1n) is 10.3. The zero-order chi connectivity index (χ0) is 22.4. The van der Waals surface area contributed by atoms with Crippen molar-refractivity contribution in [1.29, 1.82) is 5.26 Å². The van der Waals surface area contributed by atoms with E-state index in [0.717, 1.165) is 12.8 Å². The molecule has 6 nitrogen and oxygen atoms in total. The number of halogens is 1. The van der Waals surface area contributed by atoms with Gasteiger partial charge in [-0.1, -0.05) is 42.8 Å². The van der Waals surface area contributed by atoms with Crippen LogP contribution in [-0.4, -0.2) is 38.9 Å². The van der Waals surface area contributed by atoms with Crippen molar-refractivity contribution in [3.8, 4) is 6.07 Å². The summed E-state index contributed by atoms with van der Waals surface area (Å²) in [6.07, 6.45) is 2.21. The van der Waals surface area contributed by atoms with Gasteiger partial charge < -0.3 is 4.90 Å². The number of piperidine rings is 1. The molecule has 0 aromatic heterocycles. The molecule has 0 aliphatic carbocycles. The summed E-state index contributed by atoms with van der Waals surface area (Å²) in [5.41, 5.74) is 0.977. The average Bonchev–Trinajstić information content (AvgIpc) is 2.77. The molecule has 0 saturated carbocycles. The molecule has 2 aromatic rings. The number of carbonyl (C=O) groups is 1. The van der Waals surface area contributed by atoms with Crippen molar-refractivity contribution in [1.82, 2.24) is 9.62 Å². The molecule has 1 aliphatic rings. The molecule has 0 radical (unpaired) electrons. The number of nitriles is 1. The van der Waals surface area contributed by atoms with Crippen molar-refractivity contribution < 1.29 is 13.2 Å². The Hall–Kier alpha value is -2.40. The van der Waals surface area contributed by atoms with E-state index in [0.29, 0.717) is 29.6 Å². The van der Waals surface area contributed by atoms with E-state index in [1.807, 2.05) is 23.1 Å². The number of nitrogens with one attached hydrogen (secondary N) is 1. The van der Waals surface area contributed by atoms with Crippen molar-refractivity contribution in [2.75, 3.05) is 19.6 Å². The fourth-order valence-electron chi connectivity index (χ4n) is 3.77. The van der Waals surface area contributed by atoms with Crippen molar-refractivity contribution in [2.45, 2.75) is 37.0 Å². The maximum atomic E-state index is 13.3. The van der Waals surface area contributed by atoms with Gasteiger partial charge in [-0.15, -0.1) is 0 Å². The van der Waals surface area contributed by atoms with Crippen LogP contribution in [0.25, 0.3) is 0 Å². The third kappa shape index (κ3) is 5.85. The lowest BCUT2D eigenvalue weighted by Crippen LogP contribution is -2.41. The SMILES string of the molecule is CC1CCN(C(=O)C(CCNS(=O)(=O)c2cccc(C#N)c2)c2ccccc2Cl)CC1. The van der Waals surface area contributed by atoms with E-state index >= 15 is 0 Å². The first kappa shape index (κ1) is 23.3. The van der Waals surface area contributed by atoms with E-state index in [1.165, 1.54) is 18.2 Å². The number of amides is 1. The number of rotatable bonds is 7. The van der Waals surface area contributed by atoms with Gasteiger partial charge in [-0.2, -0.15) is 5.26 Å². The van der Waals surface area contributed by atoms with Gasteiger partial charge >= 0.3 is 0 Å². The minimum atomic E-state index is -3.80. The Balaban J connectivity index is 1.75. The Morgan fingerprint density at radius 3 is 2.61 bits per heavy atom. The van der Waals surface area contributed by atoms with Gasteiger partial charge in [0.05, 0.1) is 22.4 Å². The molecule has 1 atom stereocenters. The summed E-state index contributed by atoms with van der Waals surface area (Å²) in [6, 6.07) is 15.0. The number of sulfonamides is 1. The van der Waals surface area contributed by atoms with Crippen LogP contribution < -0.4 is 4.72 Å². The van der Waals surface area contributed by atoms with Gasteiger partial charge in [0.25, 0.3) is 0 Å². The van der Waals surface area contributed by atoms with Crippen LogP contribution in [0.2, 0.25) is 5.02 Å². The Morgan fingerprint density at radius 1 is 1.23 bits per heavy atom. The van der Waals surface area contributed by atoms with Crippen molar-refractivity contribution >= 4 is 27.5 Å². The lowest BCUT2D eigenvalue weighted by atomic mass is 9.92. The largest absolute Gasteiger partial charge is 0.342 e. The highest BCUT2D eigenvalue weighted by atomic mass is 35.5. The van der Waals surface area contributed by atoms with Gasteiger partial charge in [-0.05, 0) is 55.0 Å². The molecule has 1 aliphatic heterocycles. The second kappa shape index (κ2) is 10.3. The smallest absolute Gasteiger partial charge is 0.240 e. The van der Waals surface area contributed by atoms with Gasteiger partial charge in [0.15, 0.2) is 0 Å². The Bertz CT molecular complexity index is 1070. The normalized spacial score (nSPS) is 16.0. The molecule has 0 bridgehead atoms. The standard InChI is InChI=1S/C23H26ClN3O3S/c1-17-10-13-27(14-11-17)23(28)21(20-7-2-3-8-22(20)24)9-12-26-31(29,30)19-6-4-5-18(15-19)16-25/h2-8,15,17,21,26H,9-14H2,1H3. The van der Waals surface area contributed by atoms with Gasteiger partial charge in [-0.25, -0.2) is 13.1 Å². The fraction of sp³-hybridized carbons (Fsp3) is 0.391. The number of hydrogen-bond acceptors (Lipinski definition) is 4. The fourth-order valence-corrected chi connectivity index (χ4v) is 5.13. The van der Waals surface area contributed by atoms with Gasteiger partial charge in [0.2, 0.25) is 15.9 Å². The van der Waals surface area contributed by atoms with Crippen molar-refractivity contribution in [3.63, 3.8) is 0 Å². The molecule has 1 fully saturated rings. The molecule has 1 N–H and O–H groups in total. The van der Waals surface area contributed by atoms with Crippen LogP contribution in [0.4, 0.5) is 0 Å². The molecule has 8 heteroatoms. The predicted molar refractivity (Wildman–Crippen MR) is 120 cm³/mol. The first-order chi connectivity index (χ1) is 14.8. The summed E-state index contributed by atoms with van der Waals surface area (Å²) in [5.74, 6) is 0.0414. The monoisotopic (exact) mass is 459 g/mol. The molecule has 164 valence electrons. The first-order valence-corrected chi connectivity index (χ1v) is 12.2. The summed E-state index contributed by atoms with van der Waals surface area (Å²) >= 11 is 6.38. The molecule has 0 spiro atoms. The van der Waals surface area contributed by atoms with Crippen LogP contribution in [0.3, 0.4) is 0 Å². The van der Waals surface area contributed by atoms with E-state index in [2.05, 4.69) is 11.6 Å². The van der Waals surface area contributed by atoms with E-state index in [-0.39, 0.29) is 29.3 Å². The number of hydrogen-bond donors (Lipinski definition) is 1. The Morgan fingerprint density at radius 2 is 1.94 bits per heavy atom. The van der Waals surface area contributed by atoms with E-state index in [1.54, 1.807) is 18.2 Å². The Labute approximate surface area is 188 Å². The van der Waals surface area contributed by atoms with Crippen LogP contribution in [-0.2, 0) is 14.8 Å². The second-order valence-electron chi connectivity index (χ2n) is 7.91. The highest BCUT2D eigenvalue weighted by Gasteiger charge is 2.29. The summed E-state index contributed by atoms with van der Waals surface area (Å²) in [4.78, 5) is 15.2. The average molecular weight is 460 g/mol. The van der Waals surface area contributed by atoms with E-state index in [9.17, 15) is 13.2 Å². The highest BCUT2D eigenvalue weighted by Crippen LogP contribution is 2.30.